The van der Waals surface area contributed by atoms with E-state index in [1.165, 1.54) is 13.2 Å². The van der Waals surface area contributed by atoms with Crippen molar-refractivity contribution in [1.82, 2.24) is 4.98 Å². The first-order valence-electron chi connectivity index (χ1n) is 10.6. The van der Waals surface area contributed by atoms with E-state index in [9.17, 15) is 22.0 Å². The Morgan fingerprint density at radius 2 is 1.97 bits per heavy atom. The SMILES string of the molecule is CO[C@@H](C)c1ccc(Nc2cc(CC(=O)C3CC3)nc3c2N=C(C(F)F)C3)c(S(C)(=O)=O)c1. The van der Waals surface area contributed by atoms with Gasteiger partial charge in [-0.05, 0) is 43.5 Å². The maximum absolute atomic E-state index is 13.3. The van der Waals surface area contributed by atoms with Gasteiger partial charge in [-0.25, -0.2) is 22.2 Å². The maximum Gasteiger partial charge on any atom is 0.277 e. The van der Waals surface area contributed by atoms with Crippen LogP contribution in [0.5, 0.6) is 0 Å². The first-order chi connectivity index (χ1) is 15.6. The molecule has 7 nitrogen and oxygen atoms in total. The molecule has 1 aliphatic carbocycles. The smallest absolute Gasteiger partial charge is 0.277 e. The van der Waals surface area contributed by atoms with E-state index in [-0.39, 0.29) is 52.6 Å². The fraction of sp³-hybridized carbons (Fsp3) is 0.435. The van der Waals surface area contributed by atoms with Gasteiger partial charge in [-0.15, -0.1) is 0 Å². The molecule has 4 rings (SSSR count). The van der Waals surface area contributed by atoms with Crippen LogP contribution in [-0.2, 0) is 32.2 Å². The van der Waals surface area contributed by atoms with Gasteiger partial charge in [0.1, 0.15) is 11.5 Å². The van der Waals surface area contributed by atoms with E-state index < -0.39 is 16.3 Å². The molecule has 2 aliphatic rings. The number of aliphatic imine (C=N–C) groups is 1. The van der Waals surface area contributed by atoms with Gasteiger partial charge >= 0.3 is 0 Å². The molecule has 1 aromatic heterocycles. The van der Waals surface area contributed by atoms with E-state index in [1.807, 2.05) is 0 Å². The summed E-state index contributed by atoms with van der Waals surface area (Å²) in [5, 5.41) is 3.06. The predicted molar refractivity (Wildman–Crippen MR) is 121 cm³/mol. The van der Waals surface area contributed by atoms with Crippen molar-refractivity contribution in [2.24, 2.45) is 10.9 Å². The number of nitrogens with zero attached hydrogens (tertiary/aromatic N) is 2. The number of fused-ring (bicyclic) bond motifs is 1. The second kappa shape index (κ2) is 8.90. The number of hydrogen-bond donors (Lipinski definition) is 1. The molecule has 1 saturated carbocycles. The molecule has 0 radical (unpaired) electrons. The molecule has 0 spiro atoms. The van der Waals surface area contributed by atoms with E-state index in [2.05, 4.69) is 15.3 Å². The number of halogens is 2. The van der Waals surface area contributed by atoms with Crippen molar-refractivity contribution in [3.05, 3.63) is 41.2 Å². The second-order valence-corrected chi connectivity index (χ2v) is 10.5. The van der Waals surface area contributed by atoms with E-state index in [4.69, 9.17) is 4.74 Å². The number of pyridine rings is 1. The van der Waals surface area contributed by atoms with Gasteiger partial charge in [-0.3, -0.25) is 9.78 Å². The van der Waals surface area contributed by atoms with Crippen molar-refractivity contribution < 1.29 is 26.7 Å². The van der Waals surface area contributed by atoms with Crippen molar-refractivity contribution in [2.75, 3.05) is 18.7 Å². The lowest BCUT2D eigenvalue weighted by Gasteiger charge is -2.17. The summed E-state index contributed by atoms with van der Waals surface area (Å²) in [6, 6.07) is 6.46. The number of aromatic nitrogens is 1. The minimum atomic E-state index is -3.63. The van der Waals surface area contributed by atoms with E-state index >= 15 is 0 Å². The molecule has 0 amide bonds. The summed E-state index contributed by atoms with van der Waals surface area (Å²) in [5.74, 6) is 0.104. The summed E-state index contributed by atoms with van der Waals surface area (Å²) >= 11 is 0. The quantitative estimate of drug-likeness (QED) is 0.577. The lowest BCUT2D eigenvalue weighted by Crippen LogP contribution is -2.11. The summed E-state index contributed by atoms with van der Waals surface area (Å²) in [5.41, 5.74) is 2.02. The highest BCUT2D eigenvalue weighted by Gasteiger charge is 2.31. The zero-order valence-electron chi connectivity index (χ0n) is 18.6. The fourth-order valence-electron chi connectivity index (χ4n) is 3.77. The zero-order valence-corrected chi connectivity index (χ0v) is 19.4. The van der Waals surface area contributed by atoms with E-state index in [0.29, 0.717) is 22.6 Å². The number of methoxy groups -OCH3 is 1. The average molecular weight is 478 g/mol. The second-order valence-electron chi connectivity index (χ2n) is 8.49. The van der Waals surface area contributed by atoms with Crippen LogP contribution in [0.2, 0.25) is 0 Å². The first kappa shape index (κ1) is 23.4. The number of Topliss-reactive ketones (excluding diaryl/α,β-unsaturated/α-hetero) is 1. The largest absolute Gasteiger partial charge is 0.377 e. The molecule has 1 fully saturated rings. The van der Waals surface area contributed by atoms with E-state index in [0.717, 1.165) is 19.1 Å². The molecular weight excluding hydrogens is 452 g/mol. The third-order valence-electron chi connectivity index (χ3n) is 5.86. The molecule has 2 heterocycles. The number of sulfone groups is 1. The Kier molecular flexibility index (Phi) is 6.32. The summed E-state index contributed by atoms with van der Waals surface area (Å²) in [6.45, 7) is 1.80. The number of rotatable bonds is 9. The van der Waals surface area contributed by atoms with Gasteiger partial charge in [0.05, 0.1) is 39.5 Å². The highest BCUT2D eigenvalue weighted by molar-refractivity contribution is 7.90. The van der Waals surface area contributed by atoms with Crippen LogP contribution in [-0.4, -0.2) is 44.7 Å². The van der Waals surface area contributed by atoms with Gasteiger partial charge in [0.15, 0.2) is 9.84 Å². The molecule has 0 saturated heterocycles. The number of nitrogens with one attached hydrogen (secondary N) is 1. The first-order valence-corrected chi connectivity index (χ1v) is 12.5. The van der Waals surface area contributed by atoms with Gasteiger partial charge in [0.25, 0.3) is 6.43 Å². The Balaban J connectivity index is 1.76. The van der Waals surface area contributed by atoms with Crippen LogP contribution in [0.15, 0.2) is 34.2 Å². The number of carbonyl (C=O) groups is 1. The van der Waals surface area contributed by atoms with Crippen LogP contribution >= 0.6 is 0 Å². The minimum Gasteiger partial charge on any atom is -0.377 e. The van der Waals surface area contributed by atoms with Crippen LogP contribution in [0.1, 0.15) is 42.8 Å². The summed E-state index contributed by atoms with van der Waals surface area (Å²) in [4.78, 5) is 20.8. The van der Waals surface area contributed by atoms with E-state index in [1.54, 1.807) is 25.1 Å². The lowest BCUT2D eigenvalue weighted by atomic mass is 10.1. The van der Waals surface area contributed by atoms with Crippen LogP contribution in [0.25, 0.3) is 0 Å². The third kappa shape index (κ3) is 5.11. The molecule has 2 aromatic rings. The average Bonchev–Trinajstić information content (AvgIpc) is 3.51. The lowest BCUT2D eigenvalue weighted by molar-refractivity contribution is -0.119. The molecule has 1 atom stereocenters. The minimum absolute atomic E-state index is 0.0384. The molecule has 176 valence electrons. The normalized spacial score (nSPS) is 16.5. The number of ether oxygens (including phenoxy) is 1. The third-order valence-corrected chi connectivity index (χ3v) is 7.00. The van der Waals surface area contributed by atoms with Crippen molar-refractivity contribution >= 4 is 38.4 Å². The van der Waals surface area contributed by atoms with Crippen molar-refractivity contribution in [3.63, 3.8) is 0 Å². The number of anilines is 2. The molecule has 0 unspecified atom stereocenters. The monoisotopic (exact) mass is 477 g/mol. The Labute approximate surface area is 191 Å². The molecule has 33 heavy (non-hydrogen) atoms. The summed E-state index contributed by atoms with van der Waals surface area (Å²) in [6.07, 6.45) is -0.253. The number of alkyl halides is 2. The van der Waals surface area contributed by atoms with Crippen molar-refractivity contribution in [2.45, 2.75) is 50.0 Å². The fourth-order valence-corrected chi connectivity index (χ4v) is 4.64. The highest BCUT2D eigenvalue weighted by Crippen LogP contribution is 2.39. The Morgan fingerprint density at radius 1 is 1.24 bits per heavy atom. The Morgan fingerprint density at radius 3 is 2.58 bits per heavy atom. The van der Waals surface area contributed by atoms with Gasteiger partial charge in [-0.2, -0.15) is 0 Å². The molecular formula is C23H25F2N3O4S. The number of hydrogen-bond acceptors (Lipinski definition) is 7. The number of ketones is 1. The standard InChI is InChI=1S/C23H25F2N3O4S/c1-12(32-2)14-6-7-16(21(8-14)33(3,30)31)27-17-9-15(10-20(29)13-4-5-13)26-18-11-19(23(24)25)28-22(17)18/h6-9,12-13,23H,4-5,10-11H2,1-3H3,(H,26,27)/t12-/m0/s1. The van der Waals surface area contributed by atoms with Crippen molar-refractivity contribution in [3.8, 4) is 0 Å². The summed E-state index contributed by atoms with van der Waals surface area (Å²) in [7, 11) is -2.10. The molecule has 10 heteroatoms. The summed E-state index contributed by atoms with van der Waals surface area (Å²) < 4.78 is 57.0. The van der Waals surface area contributed by atoms with Gasteiger partial charge in [-0.1, -0.05) is 6.07 Å². The number of carbonyl (C=O) groups excluding carboxylic acids is 1. The van der Waals surface area contributed by atoms with Crippen LogP contribution in [0.3, 0.4) is 0 Å². The highest BCUT2D eigenvalue weighted by atomic mass is 32.2. The predicted octanol–water partition coefficient (Wildman–Crippen LogP) is 4.35. The van der Waals surface area contributed by atoms with Gasteiger partial charge in [0, 0.05) is 32.1 Å². The zero-order chi connectivity index (χ0) is 23.9. The van der Waals surface area contributed by atoms with Crippen LogP contribution in [0.4, 0.5) is 25.8 Å². The van der Waals surface area contributed by atoms with Gasteiger partial charge in [0.2, 0.25) is 0 Å². The molecule has 1 N–H and O–H groups in total. The molecule has 1 aromatic carbocycles. The van der Waals surface area contributed by atoms with Crippen LogP contribution in [0, 0.1) is 5.92 Å². The Hall–Kier alpha value is -2.72. The van der Waals surface area contributed by atoms with Crippen molar-refractivity contribution in [1.29, 1.82) is 0 Å². The van der Waals surface area contributed by atoms with Crippen LogP contribution < -0.4 is 5.32 Å². The Bertz CT molecular complexity index is 1240. The van der Waals surface area contributed by atoms with Gasteiger partial charge < -0.3 is 10.1 Å². The topological polar surface area (TPSA) is 97.7 Å². The molecule has 0 bridgehead atoms. The number of benzene rings is 1. The maximum atomic E-state index is 13.3. The molecule has 1 aliphatic heterocycles.